The molecular weight excluding hydrogens is 447 g/mol. The van der Waals surface area contributed by atoms with Crippen LogP contribution in [0.3, 0.4) is 0 Å². The van der Waals surface area contributed by atoms with E-state index in [-0.39, 0.29) is 12.8 Å². The van der Waals surface area contributed by atoms with Crippen LogP contribution in [0.5, 0.6) is 0 Å². The second kappa shape index (κ2) is 23.8. The molecule has 0 aliphatic carbocycles. The molecule has 0 aromatic carbocycles. The summed E-state index contributed by atoms with van der Waals surface area (Å²) in [4.78, 5) is 20.3. The molecule has 0 saturated carbocycles. The number of carbonyl (C=O) groups is 2. The minimum absolute atomic E-state index is 0.245. The Morgan fingerprint density at radius 1 is 0.556 bits per heavy atom. The Labute approximate surface area is 175 Å². The van der Waals surface area contributed by atoms with Crippen molar-refractivity contribution < 1.29 is 19.8 Å². The van der Waals surface area contributed by atoms with Gasteiger partial charge in [-0.2, -0.15) is 0 Å². The van der Waals surface area contributed by atoms with E-state index < -0.39 is 31.7 Å². The first kappa shape index (κ1) is 28.9. The van der Waals surface area contributed by atoms with Gasteiger partial charge in [0.05, 0.1) is 0 Å². The largest absolute Gasteiger partial charge is 0.481 e. The fourth-order valence-corrected chi connectivity index (χ4v) is 14.1. The molecule has 2 N–H and O–H groups in total. The van der Waals surface area contributed by atoms with E-state index in [4.69, 9.17) is 10.2 Å². The maximum atomic E-state index is 10.1. The van der Waals surface area contributed by atoms with Crippen molar-refractivity contribution in [2.45, 2.75) is 124 Å². The SMILES string of the molecule is CCC[CH2][SnH]([CH2]CCC)[CH2]CCC.O=C(O)CCCCCCCCC(=O)O. The molecule has 0 aromatic heterocycles. The van der Waals surface area contributed by atoms with Gasteiger partial charge in [-0.1, -0.05) is 25.7 Å². The van der Waals surface area contributed by atoms with Gasteiger partial charge >= 0.3 is 104 Å². The van der Waals surface area contributed by atoms with Crippen LogP contribution in [0.15, 0.2) is 0 Å². The van der Waals surface area contributed by atoms with Gasteiger partial charge in [0.25, 0.3) is 0 Å². The van der Waals surface area contributed by atoms with Gasteiger partial charge in [0.2, 0.25) is 0 Å². The Balaban J connectivity index is 0. The van der Waals surface area contributed by atoms with Crippen molar-refractivity contribution in [3.63, 3.8) is 0 Å². The molecule has 0 amide bonds. The first-order valence-electron chi connectivity index (χ1n) is 11.4. The topological polar surface area (TPSA) is 74.6 Å². The van der Waals surface area contributed by atoms with Crippen molar-refractivity contribution in [1.82, 2.24) is 0 Å². The van der Waals surface area contributed by atoms with E-state index >= 15 is 0 Å². The molecule has 0 bridgehead atoms. The Hall–Kier alpha value is -0.261. The van der Waals surface area contributed by atoms with E-state index in [1.165, 1.54) is 38.5 Å². The van der Waals surface area contributed by atoms with Crippen molar-refractivity contribution in [2.75, 3.05) is 0 Å². The Bertz CT molecular complexity index is 295. The Kier molecular flexibility index (Phi) is 25.5. The van der Waals surface area contributed by atoms with Crippen molar-refractivity contribution in [1.29, 1.82) is 0 Å². The summed E-state index contributed by atoms with van der Waals surface area (Å²) in [5.41, 5.74) is 0. The normalized spacial score (nSPS) is 10.5. The summed E-state index contributed by atoms with van der Waals surface area (Å²) in [6.07, 6.45) is 14.7. The summed E-state index contributed by atoms with van der Waals surface area (Å²) in [5.74, 6) is -1.48. The van der Waals surface area contributed by atoms with Gasteiger partial charge < -0.3 is 10.2 Å². The molecule has 5 heteroatoms. The zero-order valence-electron chi connectivity index (χ0n) is 18.3. The van der Waals surface area contributed by atoms with Crippen LogP contribution in [0, 0.1) is 0 Å². The van der Waals surface area contributed by atoms with E-state index in [0.29, 0.717) is 0 Å². The fraction of sp³-hybridized carbons (Fsp3) is 0.909. The molecule has 0 atom stereocenters. The van der Waals surface area contributed by atoms with Crippen molar-refractivity contribution in [3.05, 3.63) is 0 Å². The third-order valence-electron chi connectivity index (χ3n) is 4.93. The van der Waals surface area contributed by atoms with E-state index in [1.54, 1.807) is 13.3 Å². The monoisotopic (exact) mass is 494 g/mol. The number of hydrogen-bond acceptors (Lipinski definition) is 2. The molecule has 0 saturated heterocycles. The number of carboxylic acids is 2. The molecule has 0 spiro atoms. The van der Waals surface area contributed by atoms with Gasteiger partial charge in [0, 0.05) is 12.8 Å². The van der Waals surface area contributed by atoms with Crippen molar-refractivity contribution in [3.8, 4) is 0 Å². The van der Waals surface area contributed by atoms with Gasteiger partial charge in [-0.05, 0) is 12.8 Å². The average Bonchev–Trinajstić information content (AvgIpc) is 2.63. The predicted molar refractivity (Wildman–Crippen MR) is 119 cm³/mol. The van der Waals surface area contributed by atoms with Crippen molar-refractivity contribution >= 4 is 31.7 Å². The van der Waals surface area contributed by atoms with Crippen LogP contribution in [-0.4, -0.2) is 41.9 Å². The standard InChI is InChI=1S/C10H18O4.3C4H9.Sn.H/c11-9(12)7-5-3-1-2-4-6-8-10(13)14;3*1-3-4-2;;/h1-8H2,(H,11,12)(H,13,14);3*1,3-4H2,2H3;;. The summed E-state index contributed by atoms with van der Waals surface area (Å²) in [6.45, 7) is 7.01. The van der Waals surface area contributed by atoms with E-state index in [2.05, 4.69) is 20.8 Å². The maximum Gasteiger partial charge on any atom is 0.303 e. The molecule has 0 radical (unpaired) electrons. The van der Waals surface area contributed by atoms with Crippen LogP contribution in [0.25, 0.3) is 0 Å². The predicted octanol–water partition coefficient (Wildman–Crippen LogP) is 6.89. The van der Waals surface area contributed by atoms with Crippen LogP contribution < -0.4 is 0 Å². The number of carboxylic acid groups (broad SMARTS) is 2. The summed E-state index contributed by atoms with van der Waals surface area (Å²) >= 11 is -0.967. The van der Waals surface area contributed by atoms with Gasteiger partial charge in [-0.15, -0.1) is 0 Å². The molecule has 162 valence electrons. The minimum Gasteiger partial charge on any atom is -0.481 e. The zero-order chi connectivity index (χ0) is 20.8. The first-order valence-corrected chi connectivity index (χ1v) is 18.4. The van der Waals surface area contributed by atoms with Gasteiger partial charge in [-0.3, -0.25) is 9.59 Å². The van der Waals surface area contributed by atoms with Crippen LogP contribution in [-0.2, 0) is 9.59 Å². The van der Waals surface area contributed by atoms with Gasteiger partial charge in [0.1, 0.15) is 0 Å². The molecule has 0 aliphatic heterocycles. The third-order valence-corrected chi connectivity index (χ3v) is 15.4. The summed E-state index contributed by atoms with van der Waals surface area (Å²) in [6, 6.07) is 0. The summed E-state index contributed by atoms with van der Waals surface area (Å²) < 4.78 is 5.08. The molecule has 27 heavy (non-hydrogen) atoms. The Morgan fingerprint density at radius 2 is 0.852 bits per heavy atom. The molecule has 4 nitrogen and oxygen atoms in total. The van der Waals surface area contributed by atoms with Crippen LogP contribution in [0.2, 0.25) is 13.3 Å². The number of hydrogen-bond donors (Lipinski definition) is 2. The number of aliphatic carboxylic acids is 2. The van der Waals surface area contributed by atoms with Gasteiger partial charge in [-0.25, -0.2) is 0 Å². The molecular formula is C22H46O4Sn. The average molecular weight is 493 g/mol. The van der Waals surface area contributed by atoms with E-state index in [0.717, 1.165) is 38.5 Å². The molecule has 0 rings (SSSR count). The number of rotatable bonds is 18. The van der Waals surface area contributed by atoms with Crippen LogP contribution >= 0.6 is 0 Å². The second-order valence-electron chi connectivity index (χ2n) is 7.70. The minimum atomic E-state index is -0.967. The summed E-state index contributed by atoms with van der Waals surface area (Å²) in [7, 11) is 0. The number of unbranched alkanes of at least 4 members (excludes halogenated alkanes) is 8. The van der Waals surface area contributed by atoms with Gasteiger partial charge in [0.15, 0.2) is 0 Å². The van der Waals surface area contributed by atoms with Crippen LogP contribution in [0.1, 0.15) is 111 Å². The molecule has 0 heterocycles. The van der Waals surface area contributed by atoms with Crippen LogP contribution in [0.4, 0.5) is 0 Å². The zero-order valence-corrected chi connectivity index (χ0v) is 21.6. The smallest absolute Gasteiger partial charge is 0.303 e. The van der Waals surface area contributed by atoms with E-state index in [1.807, 2.05) is 0 Å². The molecule has 0 aliphatic rings. The molecule has 0 aromatic rings. The second-order valence-corrected chi connectivity index (χ2v) is 17.6. The maximum absolute atomic E-state index is 10.1. The Morgan fingerprint density at radius 3 is 1.11 bits per heavy atom. The summed E-state index contributed by atoms with van der Waals surface area (Å²) in [5, 5.41) is 16.7. The van der Waals surface area contributed by atoms with E-state index in [9.17, 15) is 9.59 Å². The quantitative estimate of drug-likeness (QED) is 0.161. The third kappa shape index (κ3) is 28.1. The molecule has 0 unspecified atom stereocenters. The fourth-order valence-electron chi connectivity index (χ4n) is 3.17. The van der Waals surface area contributed by atoms with Crippen molar-refractivity contribution in [2.24, 2.45) is 0 Å². The first-order chi connectivity index (χ1) is 13.0. The molecule has 0 fully saturated rings.